The van der Waals surface area contributed by atoms with Gasteiger partial charge in [-0.1, -0.05) is 6.42 Å². The molecule has 1 fully saturated rings. The zero-order valence-corrected chi connectivity index (χ0v) is 10.8. The summed E-state index contributed by atoms with van der Waals surface area (Å²) in [6.07, 6.45) is 5.64. The van der Waals surface area contributed by atoms with Gasteiger partial charge in [0.15, 0.2) is 11.5 Å². The summed E-state index contributed by atoms with van der Waals surface area (Å²) in [6, 6.07) is 4.22. The van der Waals surface area contributed by atoms with Crippen molar-refractivity contribution in [2.75, 3.05) is 20.7 Å². The molecule has 0 bridgehead atoms. The Kier molecular flexibility index (Phi) is 2.91. The van der Waals surface area contributed by atoms with E-state index in [0.29, 0.717) is 6.04 Å². The summed E-state index contributed by atoms with van der Waals surface area (Å²) >= 11 is 0. The second kappa shape index (κ2) is 4.57. The highest BCUT2D eigenvalue weighted by atomic mass is 16.5. The van der Waals surface area contributed by atoms with Gasteiger partial charge in [-0.15, -0.1) is 10.2 Å². The van der Waals surface area contributed by atoms with Crippen LogP contribution in [0.2, 0.25) is 0 Å². The van der Waals surface area contributed by atoms with Gasteiger partial charge in [-0.3, -0.25) is 9.30 Å². The fraction of sp³-hybridized carbons (Fsp3) is 0.538. The average molecular weight is 246 g/mol. The number of pyridine rings is 1. The lowest BCUT2D eigenvalue weighted by atomic mass is 10.0. The van der Waals surface area contributed by atoms with Crippen molar-refractivity contribution >= 4 is 5.65 Å². The van der Waals surface area contributed by atoms with Gasteiger partial charge in [0.1, 0.15) is 5.75 Å². The quantitative estimate of drug-likeness (QED) is 0.811. The minimum absolute atomic E-state index is 0.362. The highest BCUT2D eigenvalue weighted by molar-refractivity contribution is 5.41. The van der Waals surface area contributed by atoms with Crippen molar-refractivity contribution in [2.24, 2.45) is 0 Å². The second-order valence-electron chi connectivity index (χ2n) is 4.85. The van der Waals surface area contributed by atoms with Gasteiger partial charge in [0, 0.05) is 0 Å². The van der Waals surface area contributed by atoms with Crippen LogP contribution in [0, 0.1) is 0 Å². The van der Waals surface area contributed by atoms with E-state index in [1.165, 1.54) is 12.8 Å². The van der Waals surface area contributed by atoms with Crippen molar-refractivity contribution in [2.45, 2.75) is 25.3 Å². The summed E-state index contributed by atoms with van der Waals surface area (Å²) in [6.45, 7) is 1.13. The molecule has 1 aliphatic rings. The average Bonchev–Trinajstić information content (AvgIpc) is 2.82. The highest BCUT2D eigenvalue weighted by Gasteiger charge is 2.25. The van der Waals surface area contributed by atoms with Gasteiger partial charge in [0.05, 0.1) is 19.3 Å². The Bertz CT molecular complexity index is 551. The molecule has 0 saturated carbocycles. The molecular weight excluding hydrogens is 228 g/mol. The number of aromatic nitrogens is 3. The summed E-state index contributed by atoms with van der Waals surface area (Å²) in [4.78, 5) is 2.36. The van der Waals surface area contributed by atoms with Gasteiger partial charge in [-0.05, 0) is 38.6 Å². The van der Waals surface area contributed by atoms with Gasteiger partial charge in [-0.2, -0.15) is 0 Å². The van der Waals surface area contributed by atoms with Crippen molar-refractivity contribution < 1.29 is 4.74 Å². The van der Waals surface area contributed by atoms with Gasteiger partial charge < -0.3 is 4.74 Å². The normalized spacial score (nSPS) is 21.3. The largest absolute Gasteiger partial charge is 0.495 e. The molecule has 0 N–H and O–H groups in total. The van der Waals surface area contributed by atoms with Crippen LogP contribution in [-0.2, 0) is 0 Å². The second-order valence-corrected chi connectivity index (χ2v) is 4.85. The van der Waals surface area contributed by atoms with E-state index < -0.39 is 0 Å². The third kappa shape index (κ3) is 1.84. The Labute approximate surface area is 106 Å². The van der Waals surface area contributed by atoms with Crippen LogP contribution >= 0.6 is 0 Å². The monoisotopic (exact) mass is 246 g/mol. The third-order valence-electron chi connectivity index (χ3n) is 3.71. The van der Waals surface area contributed by atoms with Crippen LogP contribution in [0.25, 0.3) is 5.65 Å². The number of ether oxygens (including phenoxy) is 1. The third-order valence-corrected chi connectivity index (χ3v) is 3.71. The van der Waals surface area contributed by atoms with E-state index in [-0.39, 0.29) is 0 Å². The number of nitrogens with zero attached hydrogens (tertiary/aromatic N) is 4. The predicted octanol–water partition coefficient (Wildman–Crippen LogP) is 1.89. The summed E-state index contributed by atoms with van der Waals surface area (Å²) in [5.41, 5.74) is 0.879. The van der Waals surface area contributed by atoms with E-state index >= 15 is 0 Å². The number of likely N-dealkylation sites (tertiary alicyclic amines) is 1. The van der Waals surface area contributed by atoms with E-state index in [1.807, 2.05) is 22.7 Å². The molecular formula is C13H18N4O. The minimum Gasteiger partial charge on any atom is -0.495 e. The van der Waals surface area contributed by atoms with Crippen LogP contribution in [0.4, 0.5) is 0 Å². The van der Waals surface area contributed by atoms with Crippen LogP contribution in [0.3, 0.4) is 0 Å². The van der Waals surface area contributed by atoms with E-state index in [0.717, 1.165) is 30.2 Å². The maximum absolute atomic E-state index is 5.27. The molecule has 0 radical (unpaired) electrons. The number of methoxy groups -OCH3 is 1. The lowest BCUT2D eigenvalue weighted by molar-refractivity contribution is 0.178. The maximum atomic E-state index is 5.27. The first kappa shape index (κ1) is 11.5. The standard InChI is InChI=1S/C13H18N4O/c1-16-8-4-3-5-11(16)13-15-14-12-7-6-10(18-2)9-17(12)13/h6-7,9,11H,3-5,8H2,1-2H3. The molecule has 3 rings (SSSR count). The molecule has 2 aromatic rings. The summed E-state index contributed by atoms with van der Waals surface area (Å²) in [5.74, 6) is 1.85. The molecule has 1 aliphatic heterocycles. The summed E-state index contributed by atoms with van der Waals surface area (Å²) < 4.78 is 7.32. The smallest absolute Gasteiger partial charge is 0.161 e. The van der Waals surface area contributed by atoms with Crippen LogP contribution < -0.4 is 4.74 Å². The first-order chi connectivity index (χ1) is 8.79. The van der Waals surface area contributed by atoms with E-state index in [2.05, 4.69) is 22.1 Å². The van der Waals surface area contributed by atoms with Crippen LogP contribution in [0.5, 0.6) is 5.75 Å². The molecule has 3 heterocycles. The topological polar surface area (TPSA) is 42.7 Å². The van der Waals surface area contributed by atoms with Gasteiger partial charge >= 0.3 is 0 Å². The number of hydrogen-bond acceptors (Lipinski definition) is 4. The molecule has 1 unspecified atom stereocenters. The highest BCUT2D eigenvalue weighted by Crippen LogP contribution is 2.29. The number of fused-ring (bicyclic) bond motifs is 1. The molecule has 0 aromatic carbocycles. The predicted molar refractivity (Wildman–Crippen MR) is 68.8 cm³/mol. The number of hydrogen-bond donors (Lipinski definition) is 0. The van der Waals surface area contributed by atoms with Crippen LogP contribution in [0.15, 0.2) is 18.3 Å². The molecule has 2 aromatic heterocycles. The van der Waals surface area contributed by atoms with Crippen molar-refractivity contribution in [1.29, 1.82) is 0 Å². The molecule has 5 heteroatoms. The van der Waals surface area contributed by atoms with Crippen molar-refractivity contribution in [3.63, 3.8) is 0 Å². The minimum atomic E-state index is 0.362. The molecule has 5 nitrogen and oxygen atoms in total. The molecule has 0 aliphatic carbocycles. The molecule has 18 heavy (non-hydrogen) atoms. The Morgan fingerprint density at radius 3 is 2.94 bits per heavy atom. The summed E-state index contributed by atoms with van der Waals surface area (Å²) in [5, 5.41) is 8.59. The molecule has 96 valence electrons. The molecule has 1 saturated heterocycles. The number of rotatable bonds is 2. The zero-order chi connectivity index (χ0) is 12.5. The number of piperidine rings is 1. The maximum Gasteiger partial charge on any atom is 0.161 e. The van der Waals surface area contributed by atoms with Crippen molar-refractivity contribution in [1.82, 2.24) is 19.5 Å². The lowest BCUT2D eigenvalue weighted by Crippen LogP contribution is -2.30. The van der Waals surface area contributed by atoms with Gasteiger partial charge in [-0.25, -0.2) is 0 Å². The fourth-order valence-electron chi connectivity index (χ4n) is 2.64. The van der Waals surface area contributed by atoms with Crippen LogP contribution in [-0.4, -0.2) is 40.2 Å². The molecule has 0 amide bonds. The van der Waals surface area contributed by atoms with Crippen molar-refractivity contribution in [3.8, 4) is 5.75 Å². The van der Waals surface area contributed by atoms with E-state index in [9.17, 15) is 0 Å². The Morgan fingerprint density at radius 1 is 1.28 bits per heavy atom. The first-order valence-corrected chi connectivity index (χ1v) is 6.38. The van der Waals surface area contributed by atoms with Crippen molar-refractivity contribution in [3.05, 3.63) is 24.2 Å². The summed E-state index contributed by atoms with van der Waals surface area (Å²) in [7, 11) is 3.84. The van der Waals surface area contributed by atoms with Crippen LogP contribution in [0.1, 0.15) is 31.1 Å². The lowest BCUT2D eigenvalue weighted by Gasteiger charge is -2.31. The fourth-order valence-corrected chi connectivity index (χ4v) is 2.64. The SMILES string of the molecule is COc1ccc2nnc(C3CCCCN3C)n2c1. The Morgan fingerprint density at radius 2 is 2.17 bits per heavy atom. The van der Waals surface area contributed by atoms with Gasteiger partial charge in [0.25, 0.3) is 0 Å². The van der Waals surface area contributed by atoms with E-state index in [1.54, 1.807) is 7.11 Å². The van der Waals surface area contributed by atoms with Gasteiger partial charge in [0.2, 0.25) is 0 Å². The zero-order valence-electron chi connectivity index (χ0n) is 10.8. The Balaban J connectivity index is 2.05. The first-order valence-electron chi connectivity index (χ1n) is 6.38. The molecule has 0 spiro atoms. The molecule has 1 atom stereocenters. The van der Waals surface area contributed by atoms with E-state index in [4.69, 9.17) is 4.74 Å². The Hall–Kier alpha value is -1.62.